The molecule has 0 aromatic carbocycles. The molecule has 0 aliphatic heterocycles. The van der Waals surface area contributed by atoms with Gasteiger partial charge in [0, 0.05) is 6.04 Å². The van der Waals surface area contributed by atoms with Gasteiger partial charge in [-0.05, 0) is 13.8 Å². The van der Waals surface area contributed by atoms with E-state index in [9.17, 15) is 0 Å². The molecule has 0 saturated carbocycles. The van der Waals surface area contributed by atoms with Crippen LogP contribution in [0.4, 0.5) is 0 Å². The fraction of sp³-hybridized carbons (Fsp3) is 1.00. The first-order chi connectivity index (χ1) is 2.77. The van der Waals surface area contributed by atoms with E-state index in [0.29, 0.717) is 6.04 Å². The second kappa shape index (κ2) is 6.21. The Morgan fingerprint density at radius 2 is 1.86 bits per heavy atom. The van der Waals surface area contributed by atoms with Crippen LogP contribution in [-0.4, -0.2) is 13.2 Å². The summed E-state index contributed by atoms with van der Waals surface area (Å²) in [6.07, 6.45) is 0. The predicted molar refractivity (Wildman–Crippen MR) is 32.5 cm³/mol. The van der Waals surface area contributed by atoms with Crippen LogP contribution in [0.5, 0.6) is 0 Å². The average molecular weight is 126 g/mol. The van der Waals surface area contributed by atoms with Crippen molar-refractivity contribution in [1.29, 1.82) is 0 Å². The zero-order chi connectivity index (χ0) is 4.99. The molecule has 0 rings (SSSR count). The molecule has 0 bridgehead atoms. The molecular weight excluding hydrogens is 114 g/mol. The zero-order valence-corrected chi connectivity index (χ0v) is 5.71. The summed E-state index contributed by atoms with van der Waals surface area (Å²) in [5, 5.41) is 0. The van der Waals surface area contributed by atoms with Crippen LogP contribution in [0.2, 0.25) is 0 Å². The maximum atomic E-state index is 4.55. The van der Waals surface area contributed by atoms with E-state index in [-0.39, 0.29) is 12.4 Å². The summed E-state index contributed by atoms with van der Waals surface area (Å²) < 4.78 is 0. The van der Waals surface area contributed by atoms with Gasteiger partial charge in [0.25, 0.3) is 0 Å². The highest BCUT2D eigenvalue weighted by Crippen LogP contribution is 1.70. The zero-order valence-electron chi connectivity index (χ0n) is 4.89. The van der Waals surface area contributed by atoms with Crippen molar-refractivity contribution in [3.8, 4) is 0 Å². The van der Waals surface area contributed by atoms with Crippen LogP contribution in [0.15, 0.2) is 0 Å². The Morgan fingerprint density at radius 1 is 1.43 bits per heavy atom. The SMILES string of the molecule is CONC(C)C.Cl. The molecule has 46 valence electrons. The van der Waals surface area contributed by atoms with E-state index < -0.39 is 0 Å². The molecule has 0 aromatic rings. The standard InChI is InChI=1S/C4H11NO.ClH/c1-4(2)5-6-3;/h4-5H,1-3H3;1H. The normalized spacial score (nSPS) is 8.57. The fourth-order valence-corrected chi connectivity index (χ4v) is 0.236. The molecule has 0 amide bonds. The molecule has 0 heterocycles. The van der Waals surface area contributed by atoms with Gasteiger partial charge in [-0.2, -0.15) is 0 Å². The highest BCUT2D eigenvalue weighted by atomic mass is 35.5. The Kier molecular flexibility index (Phi) is 9.09. The van der Waals surface area contributed by atoms with E-state index in [1.54, 1.807) is 7.11 Å². The molecule has 0 spiro atoms. The number of hydroxylamine groups is 1. The lowest BCUT2D eigenvalue weighted by molar-refractivity contribution is 0.0711. The Labute approximate surface area is 50.6 Å². The third-order valence-electron chi connectivity index (χ3n) is 0.354. The van der Waals surface area contributed by atoms with Gasteiger partial charge < -0.3 is 4.84 Å². The Balaban J connectivity index is 0. The highest BCUT2D eigenvalue weighted by Gasteiger charge is 1.82. The van der Waals surface area contributed by atoms with E-state index in [4.69, 9.17) is 0 Å². The van der Waals surface area contributed by atoms with Crippen molar-refractivity contribution < 1.29 is 4.84 Å². The van der Waals surface area contributed by atoms with Crippen molar-refractivity contribution in [2.45, 2.75) is 19.9 Å². The second-order valence-corrected chi connectivity index (χ2v) is 1.48. The molecular formula is C4H12ClNO. The van der Waals surface area contributed by atoms with Crippen LogP contribution in [0.3, 0.4) is 0 Å². The monoisotopic (exact) mass is 125 g/mol. The molecule has 3 heteroatoms. The summed E-state index contributed by atoms with van der Waals surface area (Å²) in [7, 11) is 1.61. The summed E-state index contributed by atoms with van der Waals surface area (Å²) in [4.78, 5) is 4.55. The molecule has 1 N–H and O–H groups in total. The minimum absolute atomic E-state index is 0. The van der Waals surface area contributed by atoms with Crippen molar-refractivity contribution in [1.82, 2.24) is 5.48 Å². The van der Waals surface area contributed by atoms with Crippen molar-refractivity contribution >= 4 is 12.4 Å². The molecule has 0 aliphatic carbocycles. The molecule has 0 atom stereocenters. The number of hydrogen-bond acceptors (Lipinski definition) is 2. The van der Waals surface area contributed by atoms with E-state index in [1.807, 2.05) is 13.8 Å². The maximum absolute atomic E-state index is 4.55. The fourth-order valence-electron chi connectivity index (χ4n) is 0.236. The lowest BCUT2D eigenvalue weighted by Crippen LogP contribution is -2.20. The molecule has 2 nitrogen and oxygen atoms in total. The van der Waals surface area contributed by atoms with Gasteiger partial charge in [-0.3, -0.25) is 0 Å². The number of halogens is 1. The maximum Gasteiger partial charge on any atom is 0.0572 e. The van der Waals surface area contributed by atoms with Gasteiger partial charge in [0.1, 0.15) is 0 Å². The van der Waals surface area contributed by atoms with E-state index in [1.165, 1.54) is 0 Å². The molecule has 0 unspecified atom stereocenters. The smallest absolute Gasteiger partial charge is 0.0572 e. The van der Waals surface area contributed by atoms with Crippen LogP contribution in [0.25, 0.3) is 0 Å². The van der Waals surface area contributed by atoms with E-state index >= 15 is 0 Å². The van der Waals surface area contributed by atoms with Gasteiger partial charge in [-0.25, -0.2) is 5.48 Å². The lowest BCUT2D eigenvalue weighted by Gasteiger charge is -2.01. The minimum atomic E-state index is 0. The molecule has 0 radical (unpaired) electrons. The third kappa shape index (κ3) is 10.7. The highest BCUT2D eigenvalue weighted by molar-refractivity contribution is 5.85. The van der Waals surface area contributed by atoms with Crippen molar-refractivity contribution in [3.63, 3.8) is 0 Å². The summed E-state index contributed by atoms with van der Waals surface area (Å²) in [5.74, 6) is 0. The Morgan fingerprint density at radius 3 is 1.86 bits per heavy atom. The van der Waals surface area contributed by atoms with Crippen LogP contribution in [0, 0.1) is 0 Å². The summed E-state index contributed by atoms with van der Waals surface area (Å²) in [6, 6.07) is 0.426. The van der Waals surface area contributed by atoms with Crippen molar-refractivity contribution in [3.05, 3.63) is 0 Å². The van der Waals surface area contributed by atoms with Crippen molar-refractivity contribution in [2.75, 3.05) is 7.11 Å². The van der Waals surface area contributed by atoms with Gasteiger partial charge in [0.05, 0.1) is 7.11 Å². The largest absolute Gasteiger partial charge is 0.305 e. The Hall–Kier alpha value is 0.210. The van der Waals surface area contributed by atoms with Gasteiger partial charge in [-0.1, -0.05) is 0 Å². The van der Waals surface area contributed by atoms with E-state index in [2.05, 4.69) is 10.3 Å². The minimum Gasteiger partial charge on any atom is -0.305 e. The third-order valence-corrected chi connectivity index (χ3v) is 0.354. The van der Waals surface area contributed by atoms with Crippen LogP contribution in [-0.2, 0) is 4.84 Å². The van der Waals surface area contributed by atoms with Crippen LogP contribution < -0.4 is 5.48 Å². The summed E-state index contributed by atoms with van der Waals surface area (Å²) >= 11 is 0. The van der Waals surface area contributed by atoms with Gasteiger partial charge in [0.15, 0.2) is 0 Å². The van der Waals surface area contributed by atoms with Gasteiger partial charge in [0.2, 0.25) is 0 Å². The number of nitrogens with one attached hydrogen (secondary N) is 1. The molecule has 0 aromatic heterocycles. The first-order valence-electron chi connectivity index (χ1n) is 2.06. The lowest BCUT2D eigenvalue weighted by atomic mass is 10.4. The van der Waals surface area contributed by atoms with E-state index in [0.717, 1.165) is 0 Å². The first-order valence-corrected chi connectivity index (χ1v) is 2.06. The number of rotatable bonds is 2. The van der Waals surface area contributed by atoms with Crippen LogP contribution >= 0.6 is 12.4 Å². The summed E-state index contributed by atoms with van der Waals surface area (Å²) in [6.45, 7) is 4.03. The molecule has 7 heavy (non-hydrogen) atoms. The van der Waals surface area contributed by atoms with Gasteiger partial charge >= 0.3 is 0 Å². The second-order valence-electron chi connectivity index (χ2n) is 1.48. The van der Waals surface area contributed by atoms with Crippen molar-refractivity contribution in [2.24, 2.45) is 0 Å². The average Bonchev–Trinajstić information content (AvgIpc) is 1.35. The Bertz CT molecular complexity index is 32.9. The quantitative estimate of drug-likeness (QED) is 0.556. The molecule has 0 aliphatic rings. The molecule has 0 saturated heterocycles. The predicted octanol–water partition coefficient (Wildman–Crippen LogP) is 0.968. The number of hydrogen-bond donors (Lipinski definition) is 1. The summed E-state index contributed by atoms with van der Waals surface area (Å²) in [5.41, 5.74) is 2.71. The van der Waals surface area contributed by atoms with Gasteiger partial charge in [-0.15, -0.1) is 12.4 Å². The molecule has 0 fully saturated rings. The first kappa shape index (κ1) is 10.2. The topological polar surface area (TPSA) is 21.3 Å². The van der Waals surface area contributed by atoms with Crippen LogP contribution in [0.1, 0.15) is 13.8 Å².